The van der Waals surface area contributed by atoms with Crippen LogP contribution in [0.5, 0.6) is 0 Å². The first-order chi connectivity index (χ1) is 15.9. The molecule has 0 spiro atoms. The van der Waals surface area contributed by atoms with Crippen LogP contribution in [0.15, 0.2) is 72.0 Å². The SMILES string of the molecule is Cn1cc(C(=O)/C(C#N)=C/C(=C2\NCCN2Cc2ccc(Cl)nc2)[N+](=O)[O-])c2ccccc21. The van der Waals surface area contributed by atoms with Crippen LogP contribution in [-0.2, 0) is 13.6 Å². The van der Waals surface area contributed by atoms with Crippen molar-refractivity contribution < 1.29 is 9.72 Å². The summed E-state index contributed by atoms with van der Waals surface area (Å²) >= 11 is 5.83. The first kappa shape index (κ1) is 22.0. The number of allylic oxidation sites excluding steroid dienone is 2. The van der Waals surface area contributed by atoms with Crippen molar-refractivity contribution in [2.45, 2.75) is 6.54 Å². The smallest absolute Gasteiger partial charge is 0.310 e. The van der Waals surface area contributed by atoms with Gasteiger partial charge in [-0.3, -0.25) is 14.9 Å². The number of hydrogen-bond donors (Lipinski definition) is 1. The second-order valence-electron chi connectivity index (χ2n) is 7.50. The number of nitriles is 1. The van der Waals surface area contributed by atoms with E-state index in [2.05, 4.69) is 10.3 Å². The number of Topliss-reactive ketones (excluding diaryl/α,β-unsaturated/α-hetero) is 1. The molecule has 1 saturated heterocycles. The van der Waals surface area contributed by atoms with Crippen molar-refractivity contribution in [1.82, 2.24) is 19.8 Å². The van der Waals surface area contributed by atoms with Crippen LogP contribution in [0, 0.1) is 21.4 Å². The Hall–Kier alpha value is -4.16. The maximum absolute atomic E-state index is 13.2. The third-order valence-corrected chi connectivity index (χ3v) is 5.60. The number of hydrogen-bond acceptors (Lipinski definition) is 7. The lowest BCUT2D eigenvalue weighted by Crippen LogP contribution is -2.23. The molecular weight excluding hydrogens is 444 g/mol. The van der Waals surface area contributed by atoms with Crippen LogP contribution < -0.4 is 5.32 Å². The number of nitrogens with zero attached hydrogens (tertiary/aromatic N) is 5. The first-order valence-electron chi connectivity index (χ1n) is 10.1. The van der Waals surface area contributed by atoms with Crippen molar-refractivity contribution in [3.8, 4) is 6.07 Å². The lowest BCUT2D eigenvalue weighted by molar-refractivity contribution is -0.421. The lowest BCUT2D eigenvalue weighted by Gasteiger charge is -2.18. The molecule has 1 N–H and O–H groups in total. The number of halogens is 1. The first-order valence-corrected chi connectivity index (χ1v) is 10.5. The molecule has 33 heavy (non-hydrogen) atoms. The highest BCUT2D eigenvalue weighted by Gasteiger charge is 2.29. The number of rotatable bonds is 6. The van der Waals surface area contributed by atoms with Crippen LogP contribution in [0.25, 0.3) is 10.9 Å². The van der Waals surface area contributed by atoms with Gasteiger partial charge >= 0.3 is 5.70 Å². The molecule has 1 aliphatic rings. The Morgan fingerprint density at radius 1 is 1.36 bits per heavy atom. The zero-order valence-corrected chi connectivity index (χ0v) is 18.4. The molecule has 166 valence electrons. The Labute approximate surface area is 194 Å². The predicted octanol–water partition coefficient (Wildman–Crippen LogP) is 3.41. The van der Waals surface area contributed by atoms with Gasteiger partial charge in [-0.05, 0) is 17.7 Å². The van der Waals surface area contributed by atoms with Gasteiger partial charge in [0, 0.05) is 61.6 Å². The van der Waals surface area contributed by atoms with E-state index in [1.54, 1.807) is 53.2 Å². The van der Waals surface area contributed by atoms with E-state index in [9.17, 15) is 20.2 Å². The Morgan fingerprint density at radius 3 is 2.85 bits per heavy atom. The molecule has 0 radical (unpaired) electrons. The third kappa shape index (κ3) is 4.42. The van der Waals surface area contributed by atoms with E-state index < -0.39 is 10.7 Å². The molecule has 1 fully saturated rings. The number of nitrogens with one attached hydrogen (secondary N) is 1. The fourth-order valence-corrected chi connectivity index (χ4v) is 3.94. The summed E-state index contributed by atoms with van der Waals surface area (Å²) in [6.45, 7) is 1.36. The minimum Gasteiger partial charge on any atom is -0.364 e. The molecule has 3 heterocycles. The second-order valence-corrected chi connectivity index (χ2v) is 7.89. The van der Waals surface area contributed by atoms with E-state index in [1.165, 1.54) is 0 Å². The van der Waals surface area contributed by atoms with Gasteiger partial charge < -0.3 is 14.8 Å². The number of benzene rings is 1. The zero-order chi connectivity index (χ0) is 23.5. The van der Waals surface area contributed by atoms with Crippen molar-refractivity contribution >= 4 is 28.3 Å². The quantitative estimate of drug-likeness (QED) is 0.149. The highest BCUT2D eigenvalue weighted by Crippen LogP contribution is 2.25. The summed E-state index contributed by atoms with van der Waals surface area (Å²) in [6, 6.07) is 12.6. The van der Waals surface area contributed by atoms with Gasteiger partial charge in [-0.25, -0.2) is 4.98 Å². The van der Waals surface area contributed by atoms with Gasteiger partial charge in [-0.15, -0.1) is 0 Å². The van der Waals surface area contributed by atoms with Crippen LogP contribution in [0.1, 0.15) is 15.9 Å². The van der Waals surface area contributed by atoms with Crippen LogP contribution in [0.4, 0.5) is 0 Å². The fraction of sp³-hybridized carbons (Fsp3) is 0.174. The number of nitro groups is 1. The molecular formula is C23H19ClN6O3. The van der Waals surface area contributed by atoms with Crippen molar-refractivity contribution in [1.29, 1.82) is 5.26 Å². The average Bonchev–Trinajstić information content (AvgIpc) is 3.40. The number of ketones is 1. The number of carbonyl (C=O) groups is 1. The Balaban J connectivity index is 1.72. The van der Waals surface area contributed by atoms with Gasteiger partial charge in [0.05, 0.1) is 4.92 Å². The molecule has 9 nitrogen and oxygen atoms in total. The maximum atomic E-state index is 13.2. The molecule has 0 saturated carbocycles. The topological polar surface area (TPSA) is 117 Å². The van der Waals surface area contributed by atoms with Gasteiger partial charge in [-0.1, -0.05) is 35.9 Å². The molecule has 4 rings (SSSR count). The van der Waals surface area contributed by atoms with Crippen molar-refractivity contribution in [2.24, 2.45) is 7.05 Å². The van der Waals surface area contributed by atoms with Crippen LogP contribution in [0.2, 0.25) is 5.15 Å². The van der Waals surface area contributed by atoms with E-state index in [4.69, 9.17) is 11.6 Å². The van der Waals surface area contributed by atoms with Gasteiger partial charge in [0.2, 0.25) is 5.78 Å². The Morgan fingerprint density at radius 2 is 2.15 bits per heavy atom. The normalized spacial score (nSPS) is 15.3. The van der Waals surface area contributed by atoms with E-state index in [0.29, 0.717) is 35.7 Å². The summed E-state index contributed by atoms with van der Waals surface area (Å²) in [5, 5.41) is 25.7. The highest BCUT2D eigenvalue weighted by molar-refractivity contribution is 6.29. The number of carbonyl (C=O) groups excluding carboxylic acids is 1. The minimum atomic E-state index is -0.589. The van der Waals surface area contributed by atoms with Crippen LogP contribution in [-0.4, -0.2) is 38.2 Å². The molecule has 3 aromatic rings. The summed E-state index contributed by atoms with van der Waals surface area (Å²) < 4.78 is 1.78. The molecule has 0 atom stereocenters. The van der Waals surface area contributed by atoms with Crippen LogP contribution in [0.3, 0.4) is 0 Å². The van der Waals surface area contributed by atoms with Crippen molar-refractivity contribution in [3.63, 3.8) is 0 Å². The number of fused-ring (bicyclic) bond motifs is 1. The molecule has 0 amide bonds. The maximum Gasteiger partial charge on any atom is 0.310 e. The lowest BCUT2D eigenvalue weighted by atomic mass is 10.0. The number of pyridine rings is 1. The number of aryl methyl sites for hydroxylation is 1. The largest absolute Gasteiger partial charge is 0.364 e. The van der Waals surface area contributed by atoms with E-state index in [0.717, 1.165) is 17.2 Å². The summed E-state index contributed by atoms with van der Waals surface area (Å²) in [5.41, 5.74) is 1.30. The molecule has 10 heteroatoms. The van der Waals surface area contributed by atoms with Gasteiger partial charge in [0.15, 0.2) is 5.82 Å². The van der Waals surface area contributed by atoms with Crippen molar-refractivity contribution in [3.05, 3.63) is 98.4 Å². The summed E-state index contributed by atoms with van der Waals surface area (Å²) in [6.07, 6.45) is 4.28. The molecule has 2 aromatic heterocycles. The Bertz CT molecular complexity index is 1350. The third-order valence-electron chi connectivity index (χ3n) is 5.38. The van der Waals surface area contributed by atoms with Gasteiger partial charge in [-0.2, -0.15) is 5.26 Å². The van der Waals surface area contributed by atoms with E-state index in [1.807, 2.05) is 18.2 Å². The fourth-order valence-electron chi connectivity index (χ4n) is 3.82. The van der Waals surface area contributed by atoms with Gasteiger partial charge in [0.25, 0.3) is 0 Å². The van der Waals surface area contributed by atoms with Crippen molar-refractivity contribution in [2.75, 3.05) is 13.1 Å². The highest BCUT2D eigenvalue weighted by atomic mass is 35.5. The number of aromatic nitrogens is 2. The van der Waals surface area contributed by atoms with E-state index in [-0.39, 0.29) is 17.1 Å². The molecule has 0 unspecified atom stereocenters. The minimum absolute atomic E-state index is 0.244. The molecule has 1 aromatic carbocycles. The summed E-state index contributed by atoms with van der Waals surface area (Å²) in [7, 11) is 1.80. The zero-order valence-electron chi connectivity index (χ0n) is 17.7. The van der Waals surface area contributed by atoms with E-state index >= 15 is 0 Å². The predicted molar refractivity (Wildman–Crippen MR) is 123 cm³/mol. The van der Waals surface area contributed by atoms with Crippen LogP contribution >= 0.6 is 11.6 Å². The average molecular weight is 463 g/mol. The standard InChI is InChI=1S/C23H19ClN6O3/c1-28-14-18(17-4-2-3-5-19(17)28)22(31)16(11-25)10-20(30(32)33)23-26-8-9-29(23)13-15-6-7-21(24)27-12-15/h2-7,10,12,14,26H,8-9,13H2,1H3/b16-10+,23-20-. The molecule has 1 aliphatic heterocycles. The van der Waals surface area contributed by atoms with Gasteiger partial charge in [0.1, 0.15) is 16.8 Å². The monoisotopic (exact) mass is 462 g/mol. The second kappa shape index (κ2) is 9.14. The molecule has 0 bridgehead atoms. The number of para-hydroxylation sites is 1. The Kier molecular flexibility index (Phi) is 6.11. The summed E-state index contributed by atoms with van der Waals surface area (Å²) in [4.78, 5) is 30.3. The summed E-state index contributed by atoms with van der Waals surface area (Å²) in [5.74, 6) is -0.325. The molecule has 0 aliphatic carbocycles.